The lowest BCUT2D eigenvalue weighted by molar-refractivity contribution is -0.385. The van der Waals surface area contributed by atoms with Gasteiger partial charge in [0.2, 0.25) is 0 Å². The summed E-state index contributed by atoms with van der Waals surface area (Å²) in [6, 6.07) is 9.87. The molecular formula is C25H22ClN5O6. The largest absolute Gasteiger partial charge is 0.462 e. The summed E-state index contributed by atoms with van der Waals surface area (Å²) in [4.78, 5) is 59.2. The van der Waals surface area contributed by atoms with E-state index in [1.165, 1.54) is 21.1 Å². The first-order chi connectivity index (χ1) is 17.6. The first-order valence-electron chi connectivity index (χ1n) is 11.4. The molecule has 0 unspecified atom stereocenters. The van der Waals surface area contributed by atoms with E-state index in [9.17, 15) is 24.5 Å². The number of ether oxygens (including phenoxy) is 1. The highest BCUT2D eigenvalue weighted by molar-refractivity contribution is 6.31. The van der Waals surface area contributed by atoms with E-state index in [2.05, 4.69) is 9.98 Å². The second-order valence-corrected chi connectivity index (χ2v) is 8.96. The van der Waals surface area contributed by atoms with Crippen molar-refractivity contribution in [2.45, 2.75) is 27.3 Å². The lowest BCUT2D eigenvalue weighted by atomic mass is 10.1. The number of nitro groups is 1. The minimum Gasteiger partial charge on any atom is -0.462 e. The molecular weight excluding hydrogens is 502 g/mol. The maximum absolute atomic E-state index is 13.3. The fourth-order valence-electron chi connectivity index (χ4n) is 3.89. The van der Waals surface area contributed by atoms with Crippen molar-refractivity contribution in [3.8, 4) is 0 Å². The molecule has 0 aliphatic heterocycles. The van der Waals surface area contributed by atoms with E-state index in [0.717, 1.165) is 12.1 Å². The number of amides is 1. The van der Waals surface area contributed by atoms with Crippen molar-refractivity contribution in [3.63, 3.8) is 0 Å². The normalized spacial score (nSPS) is 11.9. The van der Waals surface area contributed by atoms with Crippen LogP contribution >= 0.6 is 11.6 Å². The Bertz CT molecular complexity index is 1710. The fourth-order valence-corrected chi connectivity index (χ4v) is 4.06. The third-order valence-corrected chi connectivity index (χ3v) is 5.66. The maximum Gasteiger partial charge on any atom is 0.341 e. The predicted molar refractivity (Wildman–Crippen MR) is 136 cm³/mol. The van der Waals surface area contributed by atoms with Gasteiger partial charge in [0.1, 0.15) is 22.4 Å². The first-order valence-corrected chi connectivity index (χ1v) is 11.7. The summed E-state index contributed by atoms with van der Waals surface area (Å²) in [6.45, 7) is 5.67. The number of nitro benzene ring substituents is 1. The molecule has 3 aromatic heterocycles. The topological polar surface area (TPSA) is 138 Å². The molecule has 0 aliphatic carbocycles. The highest BCUT2D eigenvalue weighted by Gasteiger charge is 2.24. The van der Waals surface area contributed by atoms with E-state index >= 15 is 0 Å². The summed E-state index contributed by atoms with van der Waals surface area (Å²) in [6.07, 6.45) is 1.56. The van der Waals surface area contributed by atoms with E-state index in [-0.39, 0.29) is 51.7 Å². The summed E-state index contributed by atoms with van der Waals surface area (Å²) < 4.78 is 8.03. The van der Waals surface area contributed by atoms with Crippen molar-refractivity contribution in [3.05, 3.63) is 90.8 Å². The van der Waals surface area contributed by atoms with Gasteiger partial charge in [0.25, 0.3) is 17.2 Å². The van der Waals surface area contributed by atoms with Gasteiger partial charge in [0, 0.05) is 23.8 Å². The Hall–Kier alpha value is -4.38. The number of esters is 1. The number of rotatable bonds is 6. The second kappa shape index (κ2) is 10.3. The molecule has 3 heterocycles. The second-order valence-electron chi connectivity index (χ2n) is 8.53. The Morgan fingerprint density at radius 2 is 1.95 bits per heavy atom. The number of benzene rings is 1. The standard InChI is InChI=1S/C25H22ClN5O6/c1-4-37-25(34)18-12-17-21(27-20-7-5-6-10-29(20)24(17)33)30(13-14(2)3)22(18)28-23(32)16-11-15(26)8-9-19(16)31(35)36/h5-12,14H,4,13H2,1-3H3. The zero-order valence-electron chi connectivity index (χ0n) is 20.2. The third kappa shape index (κ3) is 4.98. The van der Waals surface area contributed by atoms with Crippen molar-refractivity contribution in [1.29, 1.82) is 0 Å². The molecule has 0 spiro atoms. The summed E-state index contributed by atoms with van der Waals surface area (Å²) in [7, 11) is 0. The van der Waals surface area contributed by atoms with Crippen LogP contribution in [0.3, 0.4) is 0 Å². The van der Waals surface area contributed by atoms with Crippen LogP contribution in [-0.2, 0) is 11.3 Å². The highest BCUT2D eigenvalue weighted by Crippen LogP contribution is 2.23. The Kier molecular flexibility index (Phi) is 7.16. The summed E-state index contributed by atoms with van der Waals surface area (Å²) in [5.74, 6) is -1.83. The SMILES string of the molecule is CCOC(=O)c1cc2c(=O)n3ccccc3nc2n(CC(C)C)c1=NC(=O)c1cc(Cl)ccc1[N+](=O)[O-]. The zero-order chi connectivity index (χ0) is 26.9. The van der Waals surface area contributed by atoms with E-state index < -0.39 is 28.0 Å². The van der Waals surface area contributed by atoms with Gasteiger partial charge in [0.05, 0.1) is 16.9 Å². The third-order valence-electron chi connectivity index (χ3n) is 5.43. The van der Waals surface area contributed by atoms with Crippen LogP contribution in [0.2, 0.25) is 5.02 Å². The van der Waals surface area contributed by atoms with Gasteiger partial charge >= 0.3 is 5.97 Å². The molecule has 37 heavy (non-hydrogen) atoms. The molecule has 4 rings (SSSR count). The van der Waals surface area contributed by atoms with Crippen LogP contribution in [0.4, 0.5) is 5.69 Å². The van der Waals surface area contributed by atoms with Crippen LogP contribution in [0.25, 0.3) is 16.7 Å². The van der Waals surface area contributed by atoms with Crippen molar-refractivity contribution in [1.82, 2.24) is 14.0 Å². The predicted octanol–water partition coefficient (Wildman–Crippen LogP) is 3.78. The number of aromatic nitrogens is 3. The van der Waals surface area contributed by atoms with Gasteiger partial charge in [-0.05, 0) is 43.2 Å². The summed E-state index contributed by atoms with van der Waals surface area (Å²) in [5, 5.41) is 11.8. The van der Waals surface area contributed by atoms with Crippen molar-refractivity contribution < 1.29 is 19.2 Å². The average molecular weight is 524 g/mol. The Balaban J connectivity index is 2.15. The Morgan fingerprint density at radius 1 is 1.19 bits per heavy atom. The Morgan fingerprint density at radius 3 is 2.62 bits per heavy atom. The van der Waals surface area contributed by atoms with Gasteiger partial charge in [-0.1, -0.05) is 31.5 Å². The quantitative estimate of drug-likeness (QED) is 0.162. The number of pyridine rings is 2. The van der Waals surface area contributed by atoms with Crippen LogP contribution in [0, 0.1) is 16.0 Å². The summed E-state index contributed by atoms with van der Waals surface area (Å²) >= 11 is 6.00. The van der Waals surface area contributed by atoms with E-state index in [1.54, 1.807) is 31.3 Å². The Labute approximate surface area is 214 Å². The molecule has 4 aromatic rings. The molecule has 0 saturated carbocycles. The molecule has 0 atom stereocenters. The fraction of sp³-hybridized carbons (Fsp3) is 0.240. The van der Waals surface area contributed by atoms with E-state index in [1.807, 2.05) is 13.8 Å². The molecule has 11 nitrogen and oxygen atoms in total. The molecule has 0 N–H and O–H groups in total. The molecule has 0 fully saturated rings. The van der Waals surface area contributed by atoms with Crippen LogP contribution in [0.15, 0.2) is 58.4 Å². The highest BCUT2D eigenvalue weighted by atomic mass is 35.5. The molecule has 0 aliphatic rings. The smallest absolute Gasteiger partial charge is 0.341 e. The number of hydrogen-bond acceptors (Lipinski definition) is 7. The molecule has 12 heteroatoms. The van der Waals surface area contributed by atoms with Crippen LogP contribution in [0.5, 0.6) is 0 Å². The summed E-state index contributed by atoms with van der Waals surface area (Å²) in [5.41, 5.74) is -1.00. The number of nitrogens with zero attached hydrogens (tertiary/aromatic N) is 5. The zero-order valence-corrected chi connectivity index (χ0v) is 20.9. The molecule has 1 amide bonds. The monoisotopic (exact) mass is 523 g/mol. The minimum absolute atomic E-state index is 0.0220. The van der Waals surface area contributed by atoms with Gasteiger partial charge in [-0.15, -0.1) is 0 Å². The molecule has 190 valence electrons. The molecule has 0 radical (unpaired) electrons. The van der Waals surface area contributed by atoms with Gasteiger partial charge in [0.15, 0.2) is 5.49 Å². The van der Waals surface area contributed by atoms with Crippen LogP contribution in [0.1, 0.15) is 41.5 Å². The lowest BCUT2D eigenvalue weighted by Crippen LogP contribution is -2.33. The van der Waals surface area contributed by atoms with Gasteiger partial charge in [-0.3, -0.25) is 24.1 Å². The number of hydrogen-bond donors (Lipinski definition) is 0. The van der Waals surface area contributed by atoms with Gasteiger partial charge < -0.3 is 9.30 Å². The minimum atomic E-state index is -0.992. The van der Waals surface area contributed by atoms with E-state index in [0.29, 0.717) is 5.65 Å². The van der Waals surface area contributed by atoms with E-state index in [4.69, 9.17) is 16.3 Å². The lowest BCUT2D eigenvalue weighted by Gasteiger charge is -2.16. The first kappa shape index (κ1) is 25.7. The van der Waals surface area contributed by atoms with Crippen LogP contribution < -0.4 is 11.0 Å². The number of carbonyl (C=O) groups excluding carboxylic acids is 2. The number of carbonyl (C=O) groups is 2. The van der Waals surface area contributed by atoms with Gasteiger partial charge in [-0.25, -0.2) is 9.78 Å². The van der Waals surface area contributed by atoms with Crippen molar-refractivity contribution in [2.75, 3.05) is 6.61 Å². The number of fused-ring (bicyclic) bond motifs is 2. The number of halogens is 1. The van der Waals surface area contributed by atoms with Crippen LogP contribution in [-0.4, -0.2) is 37.4 Å². The van der Waals surface area contributed by atoms with Crippen molar-refractivity contribution in [2.24, 2.45) is 10.9 Å². The molecule has 0 saturated heterocycles. The molecule has 1 aromatic carbocycles. The maximum atomic E-state index is 13.3. The van der Waals surface area contributed by atoms with Gasteiger partial charge in [-0.2, -0.15) is 4.99 Å². The average Bonchev–Trinajstić information content (AvgIpc) is 2.85. The van der Waals surface area contributed by atoms with Crippen molar-refractivity contribution >= 4 is 45.8 Å². The molecule has 0 bridgehead atoms.